The molecule has 1 aliphatic rings. The number of allylic oxidation sites excluding steroid dienone is 1. The highest BCUT2D eigenvalue weighted by atomic mass is 79.9. The van der Waals surface area contributed by atoms with Gasteiger partial charge in [-0.15, -0.1) is 0 Å². The fourth-order valence-corrected chi connectivity index (χ4v) is 2.66. The van der Waals surface area contributed by atoms with E-state index in [2.05, 4.69) is 26.0 Å². The average molecular weight is 409 g/mol. The minimum Gasteiger partial charge on any atom is -0.463 e. The van der Waals surface area contributed by atoms with Crippen LogP contribution in [0.2, 0.25) is 5.02 Å². The molecule has 0 aromatic heterocycles. The van der Waals surface area contributed by atoms with E-state index in [-0.39, 0.29) is 22.8 Å². The molecule has 0 bridgehead atoms. The van der Waals surface area contributed by atoms with Gasteiger partial charge in [0.1, 0.15) is 5.02 Å². The van der Waals surface area contributed by atoms with Crippen LogP contribution in [0.1, 0.15) is 30.1 Å². The third-order valence-corrected chi connectivity index (χ3v) is 4.17. The van der Waals surface area contributed by atoms with Gasteiger partial charge in [0.25, 0.3) is 0 Å². The SMILES string of the molecule is CCOC(=O)/C=C/C(=O)c1c(F)c(Cl)c(F)c(Br)c1NC1CC1. The van der Waals surface area contributed by atoms with Crippen molar-refractivity contribution in [3.8, 4) is 0 Å². The second-order valence-corrected chi connectivity index (χ2v) is 6.05. The molecule has 1 N–H and O–H groups in total. The van der Waals surface area contributed by atoms with Gasteiger partial charge in [-0.25, -0.2) is 13.6 Å². The van der Waals surface area contributed by atoms with Gasteiger partial charge in [-0.2, -0.15) is 0 Å². The van der Waals surface area contributed by atoms with Gasteiger partial charge in [0, 0.05) is 12.1 Å². The minimum atomic E-state index is -1.17. The van der Waals surface area contributed by atoms with Gasteiger partial charge < -0.3 is 10.1 Å². The maximum atomic E-state index is 14.3. The van der Waals surface area contributed by atoms with E-state index in [9.17, 15) is 18.4 Å². The monoisotopic (exact) mass is 407 g/mol. The van der Waals surface area contributed by atoms with Crippen LogP contribution in [0.5, 0.6) is 0 Å². The molecule has 0 saturated heterocycles. The Morgan fingerprint density at radius 1 is 1.35 bits per heavy atom. The lowest BCUT2D eigenvalue weighted by molar-refractivity contribution is -0.137. The largest absolute Gasteiger partial charge is 0.463 e. The van der Waals surface area contributed by atoms with Crippen molar-refractivity contribution in [1.29, 1.82) is 0 Å². The number of rotatable bonds is 6. The summed E-state index contributed by atoms with van der Waals surface area (Å²) in [5.41, 5.74) is -0.430. The van der Waals surface area contributed by atoms with Gasteiger partial charge in [0.2, 0.25) is 0 Å². The first-order valence-electron chi connectivity index (χ1n) is 6.88. The van der Waals surface area contributed by atoms with Crippen molar-refractivity contribution in [3.05, 3.63) is 38.8 Å². The molecule has 1 aromatic rings. The lowest BCUT2D eigenvalue weighted by Gasteiger charge is -2.15. The minimum absolute atomic E-state index is 0.00888. The molecule has 4 nitrogen and oxygen atoms in total. The van der Waals surface area contributed by atoms with Gasteiger partial charge in [-0.1, -0.05) is 11.6 Å². The van der Waals surface area contributed by atoms with Crippen LogP contribution in [0, 0.1) is 11.6 Å². The Morgan fingerprint density at radius 3 is 2.57 bits per heavy atom. The molecule has 0 radical (unpaired) electrons. The summed E-state index contributed by atoms with van der Waals surface area (Å²) < 4.78 is 32.7. The second kappa shape index (κ2) is 7.40. The summed E-state index contributed by atoms with van der Waals surface area (Å²) in [5, 5.41) is 2.11. The number of hydrogen-bond donors (Lipinski definition) is 1. The summed E-state index contributed by atoms with van der Waals surface area (Å²) in [7, 11) is 0. The van der Waals surface area contributed by atoms with Crippen LogP contribution in [0.25, 0.3) is 0 Å². The third kappa shape index (κ3) is 4.09. The second-order valence-electron chi connectivity index (χ2n) is 4.87. The highest BCUT2D eigenvalue weighted by Gasteiger charge is 2.30. The molecule has 0 spiro atoms. The fourth-order valence-electron chi connectivity index (χ4n) is 1.85. The van der Waals surface area contributed by atoms with Gasteiger partial charge >= 0.3 is 5.97 Å². The van der Waals surface area contributed by atoms with Crippen LogP contribution in [0.4, 0.5) is 14.5 Å². The molecule has 0 unspecified atom stereocenters. The van der Waals surface area contributed by atoms with E-state index in [1.54, 1.807) is 6.92 Å². The van der Waals surface area contributed by atoms with E-state index in [1.165, 1.54) is 0 Å². The van der Waals surface area contributed by atoms with Crippen LogP contribution in [-0.2, 0) is 9.53 Å². The predicted octanol–water partition coefficient (Wildman–Crippen LogP) is 4.26. The zero-order valence-corrected chi connectivity index (χ0v) is 14.4. The van der Waals surface area contributed by atoms with E-state index >= 15 is 0 Å². The molecule has 23 heavy (non-hydrogen) atoms. The lowest BCUT2D eigenvalue weighted by atomic mass is 10.1. The van der Waals surface area contributed by atoms with Crippen molar-refractivity contribution in [3.63, 3.8) is 0 Å². The molecule has 1 saturated carbocycles. The molecule has 0 aliphatic heterocycles. The first-order chi connectivity index (χ1) is 10.9. The Bertz CT molecular complexity index is 690. The van der Waals surface area contributed by atoms with Gasteiger partial charge in [-0.3, -0.25) is 4.79 Å². The first-order valence-corrected chi connectivity index (χ1v) is 8.05. The number of ether oxygens (including phenoxy) is 1. The standard InChI is InChI=1S/C15H13BrClF2NO3/c1-2-23-9(22)6-5-8(21)10-13(18)12(17)14(19)11(16)15(10)20-7-3-4-7/h5-7,20H,2-4H2,1H3/b6-5+. The van der Waals surface area contributed by atoms with Gasteiger partial charge in [0.05, 0.1) is 22.3 Å². The number of benzene rings is 1. The number of carbonyl (C=O) groups excluding carboxylic acids is 2. The van der Waals surface area contributed by atoms with Crippen molar-refractivity contribution in [2.75, 3.05) is 11.9 Å². The zero-order chi connectivity index (χ0) is 17.1. The third-order valence-electron chi connectivity index (χ3n) is 3.10. The smallest absolute Gasteiger partial charge is 0.330 e. The Balaban J connectivity index is 2.42. The number of ketones is 1. The summed E-state index contributed by atoms with van der Waals surface area (Å²) in [6.07, 6.45) is 3.43. The predicted molar refractivity (Wildman–Crippen MR) is 85.8 cm³/mol. The molecule has 0 heterocycles. The van der Waals surface area contributed by atoms with Crippen molar-refractivity contribution in [2.45, 2.75) is 25.8 Å². The summed E-state index contributed by atoms with van der Waals surface area (Å²) in [4.78, 5) is 23.5. The molecule has 124 valence electrons. The highest BCUT2D eigenvalue weighted by Crippen LogP contribution is 2.39. The summed E-state index contributed by atoms with van der Waals surface area (Å²) in [5.74, 6) is -3.71. The lowest BCUT2D eigenvalue weighted by Crippen LogP contribution is -2.12. The number of carbonyl (C=O) groups is 2. The number of nitrogens with one attached hydrogen (secondary N) is 1. The Kier molecular flexibility index (Phi) is 5.75. The summed E-state index contributed by atoms with van der Waals surface area (Å²) in [6, 6.07) is 0.0480. The molecular weight excluding hydrogens is 396 g/mol. The number of hydrogen-bond acceptors (Lipinski definition) is 4. The Morgan fingerprint density at radius 2 is 2.00 bits per heavy atom. The quantitative estimate of drug-likeness (QED) is 0.251. The molecule has 2 rings (SSSR count). The van der Waals surface area contributed by atoms with Crippen molar-refractivity contribution >= 4 is 45.0 Å². The topological polar surface area (TPSA) is 55.4 Å². The van der Waals surface area contributed by atoms with Crippen LogP contribution < -0.4 is 5.32 Å². The van der Waals surface area contributed by atoms with Gasteiger partial charge in [-0.05, 0) is 41.8 Å². The van der Waals surface area contributed by atoms with Crippen LogP contribution in [0.15, 0.2) is 16.6 Å². The molecular formula is C15H13BrClF2NO3. The molecule has 0 amide bonds. The Labute approximate surface area is 145 Å². The molecule has 1 fully saturated rings. The van der Waals surface area contributed by atoms with Crippen LogP contribution >= 0.6 is 27.5 Å². The molecule has 1 aromatic carbocycles. The van der Waals surface area contributed by atoms with Crippen molar-refractivity contribution in [2.24, 2.45) is 0 Å². The number of anilines is 1. The van der Waals surface area contributed by atoms with Crippen LogP contribution in [-0.4, -0.2) is 24.4 Å². The summed E-state index contributed by atoms with van der Waals surface area (Å²) >= 11 is 8.58. The Hall–Kier alpha value is -1.47. The first kappa shape index (κ1) is 17.9. The normalized spacial score (nSPS) is 14.1. The maximum absolute atomic E-state index is 14.3. The van der Waals surface area contributed by atoms with Crippen LogP contribution in [0.3, 0.4) is 0 Å². The van der Waals surface area contributed by atoms with E-state index in [0.29, 0.717) is 0 Å². The molecule has 8 heteroatoms. The molecule has 1 aliphatic carbocycles. The average Bonchev–Trinajstić information content (AvgIpc) is 3.33. The zero-order valence-electron chi connectivity index (χ0n) is 12.1. The maximum Gasteiger partial charge on any atom is 0.330 e. The highest BCUT2D eigenvalue weighted by molar-refractivity contribution is 9.10. The van der Waals surface area contributed by atoms with E-state index < -0.39 is 34.0 Å². The molecule has 0 atom stereocenters. The fraction of sp³-hybridized carbons (Fsp3) is 0.333. The van der Waals surface area contributed by atoms with E-state index in [0.717, 1.165) is 25.0 Å². The van der Waals surface area contributed by atoms with E-state index in [4.69, 9.17) is 11.6 Å². The van der Waals surface area contributed by atoms with Crippen molar-refractivity contribution in [1.82, 2.24) is 0 Å². The number of halogens is 4. The van der Waals surface area contributed by atoms with Crippen molar-refractivity contribution < 1.29 is 23.1 Å². The summed E-state index contributed by atoms with van der Waals surface area (Å²) in [6.45, 7) is 1.76. The van der Waals surface area contributed by atoms with Gasteiger partial charge in [0.15, 0.2) is 17.4 Å². The number of esters is 1. The van der Waals surface area contributed by atoms with E-state index in [1.807, 2.05) is 0 Å².